The summed E-state index contributed by atoms with van der Waals surface area (Å²) in [5, 5.41) is 10.1. The lowest BCUT2D eigenvalue weighted by Crippen LogP contribution is -2.25. The van der Waals surface area contributed by atoms with Gasteiger partial charge in [0.15, 0.2) is 5.82 Å². The largest absolute Gasteiger partial charge is 0.309 e. The zero-order valence-corrected chi connectivity index (χ0v) is 13.4. The van der Waals surface area contributed by atoms with Crippen LogP contribution in [0.25, 0.3) is 0 Å². The highest BCUT2D eigenvalue weighted by Crippen LogP contribution is 2.42. The highest BCUT2D eigenvalue weighted by atomic mass is 35.5. The number of hydrogen-bond donors (Lipinski definition) is 2. The number of H-pyrrole nitrogens is 1. The predicted molar refractivity (Wildman–Crippen MR) is 83.8 cm³/mol. The predicted octanol–water partition coefficient (Wildman–Crippen LogP) is 3.97. The molecule has 2 aromatic rings. The summed E-state index contributed by atoms with van der Waals surface area (Å²) in [6.07, 6.45) is 0.261. The van der Waals surface area contributed by atoms with Gasteiger partial charge in [-0.15, -0.1) is 0 Å². The zero-order valence-electron chi connectivity index (χ0n) is 12.6. The van der Waals surface area contributed by atoms with E-state index in [-0.39, 0.29) is 28.7 Å². The topological polar surface area (TPSA) is 57.8 Å². The molecule has 22 heavy (non-hydrogen) atoms. The van der Waals surface area contributed by atoms with Crippen molar-refractivity contribution < 1.29 is 9.18 Å². The van der Waals surface area contributed by atoms with Gasteiger partial charge in [-0.05, 0) is 17.7 Å². The minimum atomic E-state index is -0.479. The molecule has 1 unspecified atom stereocenters. The van der Waals surface area contributed by atoms with E-state index in [2.05, 4.69) is 36.3 Å². The minimum Gasteiger partial charge on any atom is -0.309 e. The number of amides is 1. The lowest BCUT2D eigenvalue weighted by atomic mass is 9.79. The monoisotopic (exact) mass is 321 g/mol. The average molecular weight is 322 g/mol. The summed E-state index contributed by atoms with van der Waals surface area (Å²) in [6, 6.07) is 4.68. The van der Waals surface area contributed by atoms with E-state index in [0.29, 0.717) is 5.82 Å². The summed E-state index contributed by atoms with van der Waals surface area (Å²) >= 11 is 5.76. The third kappa shape index (κ3) is 2.50. The Morgan fingerprint density at radius 3 is 2.73 bits per heavy atom. The van der Waals surface area contributed by atoms with E-state index in [9.17, 15) is 9.18 Å². The van der Waals surface area contributed by atoms with Crippen molar-refractivity contribution in [3.63, 3.8) is 0 Å². The second-order valence-corrected chi connectivity index (χ2v) is 7.00. The SMILES string of the molecule is CC(C)(C)c1[nH]nc2c1C(c1ccc(Cl)c(F)c1)CC(=O)N2. The Bertz CT molecular complexity index is 748. The van der Waals surface area contributed by atoms with Crippen LogP contribution in [0.3, 0.4) is 0 Å². The van der Waals surface area contributed by atoms with Crippen molar-refractivity contribution in [1.82, 2.24) is 10.2 Å². The highest BCUT2D eigenvalue weighted by molar-refractivity contribution is 6.30. The Kier molecular flexibility index (Phi) is 3.48. The van der Waals surface area contributed by atoms with E-state index in [1.54, 1.807) is 6.07 Å². The van der Waals surface area contributed by atoms with Crippen LogP contribution in [0, 0.1) is 5.82 Å². The van der Waals surface area contributed by atoms with Gasteiger partial charge in [-0.1, -0.05) is 38.4 Å². The summed E-state index contributed by atoms with van der Waals surface area (Å²) in [7, 11) is 0. The second-order valence-electron chi connectivity index (χ2n) is 6.59. The van der Waals surface area contributed by atoms with Crippen molar-refractivity contribution >= 4 is 23.3 Å². The molecule has 0 radical (unpaired) electrons. The summed E-state index contributed by atoms with van der Waals surface area (Å²) in [4.78, 5) is 11.9. The van der Waals surface area contributed by atoms with Crippen LogP contribution in [-0.2, 0) is 10.2 Å². The van der Waals surface area contributed by atoms with Gasteiger partial charge in [-0.25, -0.2) is 4.39 Å². The van der Waals surface area contributed by atoms with Gasteiger partial charge in [0.1, 0.15) is 5.82 Å². The molecule has 3 rings (SSSR count). The molecule has 1 aromatic heterocycles. The maximum atomic E-state index is 13.8. The number of aromatic nitrogens is 2. The molecule has 4 nitrogen and oxygen atoms in total. The van der Waals surface area contributed by atoms with E-state index < -0.39 is 5.82 Å². The van der Waals surface area contributed by atoms with E-state index in [0.717, 1.165) is 16.8 Å². The smallest absolute Gasteiger partial charge is 0.226 e. The van der Waals surface area contributed by atoms with Crippen LogP contribution < -0.4 is 5.32 Å². The molecule has 0 fully saturated rings. The minimum absolute atomic E-state index is 0.0764. The van der Waals surface area contributed by atoms with Crippen LogP contribution in [0.2, 0.25) is 5.02 Å². The number of hydrogen-bond acceptors (Lipinski definition) is 2. The second kappa shape index (κ2) is 5.09. The first kappa shape index (κ1) is 15.0. The van der Waals surface area contributed by atoms with Gasteiger partial charge in [0, 0.05) is 29.0 Å². The van der Waals surface area contributed by atoms with Gasteiger partial charge in [-0.3, -0.25) is 9.89 Å². The van der Waals surface area contributed by atoms with Gasteiger partial charge in [0.05, 0.1) is 5.02 Å². The van der Waals surface area contributed by atoms with Crippen molar-refractivity contribution in [1.29, 1.82) is 0 Å². The average Bonchev–Trinajstić information content (AvgIpc) is 2.84. The van der Waals surface area contributed by atoms with Crippen molar-refractivity contribution in [3.05, 3.63) is 45.9 Å². The summed E-state index contributed by atoms with van der Waals surface area (Å²) < 4.78 is 13.8. The molecule has 1 aliphatic heterocycles. The molecule has 2 heterocycles. The lowest BCUT2D eigenvalue weighted by molar-refractivity contribution is -0.116. The van der Waals surface area contributed by atoms with Crippen LogP contribution in [0.15, 0.2) is 18.2 Å². The Morgan fingerprint density at radius 2 is 2.09 bits per heavy atom. The van der Waals surface area contributed by atoms with Crippen LogP contribution >= 0.6 is 11.6 Å². The highest BCUT2D eigenvalue weighted by Gasteiger charge is 2.35. The number of aromatic amines is 1. The quantitative estimate of drug-likeness (QED) is 0.835. The number of anilines is 1. The lowest BCUT2D eigenvalue weighted by Gasteiger charge is -2.27. The van der Waals surface area contributed by atoms with Gasteiger partial charge in [0.25, 0.3) is 0 Å². The molecule has 0 aliphatic carbocycles. The number of halogens is 2. The first-order valence-corrected chi connectivity index (χ1v) is 7.48. The number of carbonyl (C=O) groups excluding carboxylic acids is 1. The van der Waals surface area contributed by atoms with Crippen molar-refractivity contribution in [2.24, 2.45) is 0 Å². The summed E-state index contributed by atoms with van der Waals surface area (Å²) in [5.41, 5.74) is 2.44. The van der Waals surface area contributed by atoms with Gasteiger partial charge in [0.2, 0.25) is 5.91 Å². The maximum Gasteiger partial charge on any atom is 0.226 e. The fourth-order valence-corrected chi connectivity index (χ4v) is 2.96. The standard InChI is InChI=1S/C16H17ClFN3O/c1-16(2,3)14-13-9(7-12(22)19-15(13)21-20-14)8-4-5-10(17)11(18)6-8/h4-6,9H,7H2,1-3H3,(H2,19,20,21,22). The fourth-order valence-electron chi connectivity index (χ4n) is 2.84. The Balaban J connectivity index is 2.16. The normalized spacial score (nSPS) is 18.0. The number of rotatable bonds is 1. The third-order valence-corrected chi connectivity index (χ3v) is 4.20. The maximum absolute atomic E-state index is 13.8. The van der Waals surface area contributed by atoms with E-state index in [4.69, 9.17) is 11.6 Å². The number of nitrogens with one attached hydrogen (secondary N) is 2. The summed E-state index contributed by atoms with van der Waals surface area (Å²) in [5.74, 6) is -0.308. The molecule has 0 saturated heterocycles. The van der Waals surface area contributed by atoms with Gasteiger partial charge >= 0.3 is 0 Å². The van der Waals surface area contributed by atoms with Gasteiger partial charge < -0.3 is 5.32 Å². The zero-order chi connectivity index (χ0) is 16.1. The Morgan fingerprint density at radius 1 is 1.36 bits per heavy atom. The number of fused-ring (bicyclic) bond motifs is 1. The molecule has 116 valence electrons. The van der Waals surface area contributed by atoms with E-state index in [1.807, 2.05) is 0 Å². The molecule has 1 amide bonds. The molecule has 6 heteroatoms. The van der Waals surface area contributed by atoms with Crippen molar-refractivity contribution in [2.75, 3.05) is 5.32 Å². The van der Waals surface area contributed by atoms with Crippen molar-refractivity contribution in [3.8, 4) is 0 Å². The number of benzene rings is 1. The van der Waals surface area contributed by atoms with E-state index in [1.165, 1.54) is 12.1 Å². The molecule has 1 atom stereocenters. The molecule has 2 N–H and O–H groups in total. The Labute approximate surface area is 133 Å². The van der Waals surface area contributed by atoms with Gasteiger partial charge in [-0.2, -0.15) is 5.10 Å². The first-order chi connectivity index (χ1) is 10.3. The molecule has 0 saturated carbocycles. The summed E-state index contributed by atoms with van der Waals surface area (Å²) in [6.45, 7) is 6.20. The van der Waals surface area contributed by atoms with Crippen LogP contribution in [-0.4, -0.2) is 16.1 Å². The first-order valence-electron chi connectivity index (χ1n) is 7.11. The molecular weight excluding hydrogens is 305 g/mol. The molecular formula is C16H17ClFN3O. The number of nitrogens with zero attached hydrogens (tertiary/aromatic N) is 1. The molecule has 1 aromatic carbocycles. The van der Waals surface area contributed by atoms with E-state index >= 15 is 0 Å². The molecule has 0 bridgehead atoms. The molecule has 0 spiro atoms. The van der Waals surface area contributed by atoms with Crippen LogP contribution in [0.4, 0.5) is 10.2 Å². The Hall–Kier alpha value is -1.88. The molecule has 1 aliphatic rings. The third-order valence-electron chi connectivity index (χ3n) is 3.90. The van der Waals surface area contributed by atoms with Crippen LogP contribution in [0.1, 0.15) is 49.9 Å². The number of carbonyl (C=O) groups is 1. The fraction of sp³-hybridized carbons (Fsp3) is 0.375. The van der Waals surface area contributed by atoms with Crippen LogP contribution in [0.5, 0.6) is 0 Å². The van der Waals surface area contributed by atoms with Crippen molar-refractivity contribution in [2.45, 2.75) is 38.5 Å².